The van der Waals surface area contributed by atoms with Gasteiger partial charge in [0, 0.05) is 25.8 Å². The topological polar surface area (TPSA) is 57.2 Å². The van der Waals surface area contributed by atoms with Gasteiger partial charge in [-0.15, -0.1) is 0 Å². The van der Waals surface area contributed by atoms with Crippen molar-refractivity contribution in [3.63, 3.8) is 0 Å². The average molecular weight is 337 g/mol. The Morgan fingerprint density at radius 3 is 2.12 bits per heavy atom. The Bertz CT molecular complexity index is 533. The van der Waals surface area contributed by atoms with Gasteiger partial charge in [-0.25, -0.2) is 0 Å². The summed E-state index contributed by atoms with van der Waals surface area (Å²) in [5, 5.41) is 0. The largest absolute Gasteiger partial charge is 0.490 e. The van der Waals surface area contributed by atoms with Crippen LogP contribution in [0.3, 0.4) is 0 Å². The Hall–Kier alpha value is -1.95. The molecule has 0 aliphatic carbocycles. The summed E-state index contributed by atoms with van der Waals surface area (Å²) in [7, 11) is 1.68. The first kappa shape index (κ1) is 18.4. The summed E-state index contributed by atoms with van der Waals surface area (Å²) < 4.78 is 22.4. The van der Waals surface area contributed by atoms with Crippen LogP contribution >= 0.6 is 0 Å². The minimum atomic E-state index is -0.0421. The van der Waals surface area contributed by atoms with E-state index in [2.05, 4.69) is 0 Å². The van der Waals surface area contributed by atoms with Gasteiger partial charge in [-0.2, -0.15) is 0 Å². The van der Waals surface area contributed by atoms with Crippen molar-refractivity contribution in [2.45, 2.75) is 33.3 Å². The average Bonchev–Trinajstić information content (AvgIpc) is 3.06. The molecule has 134 valence electrons. The molecule has 1 aliphatic heterocycles. The molecule has 1 fully saturated rings. The molecule has 0 aromatic heterocycles. The molecule has 6 heteroatoms. The lowest BCUT2D eigenvalue weighted by Gasteiger charge is -2.20. The molecule has 0 radical (unpaired) electrons. The van der Waals surface area contributed by atoms with Gasteiger partial charge in [0.25, 0.3) is 5.91 Å². The third-order valence-corrected chi connectivity index (χ3v) is 3.92. The number of likely N-dealkylation sites (tertiary alicyclic amines) is 1. The van der Waals surface area contributed by atoms with Crippen LogP contribution in [-0.4, -0.2) is 56.9 Å². The minimum absolute atomic E-state index is 0.0421. The predicted octanol–water partition coefficient (Wildman–Crippen LogP) is 2.74. The molecule has 24 heavy (non-hydrogen) atoms. The molecule has 1 unspecified atom stereocenters. The molecule has 2 rings (SSSR count). The van der Waals surface area contributed by atoms with Crippen molar-refractivity contribution in [1.82, 2.24) is 4.90 Å². The molecule has 0 saturated carbocycles. The summed E-state index contributed by atoms with van der Waals surface area (Å²) in [6.07, 6.45) is 0.963. The molecule has 1 aromatic rings. The van der Waals surface area contributed by atoms with Crippen LogP contribution in [0.1, 0.15) is 37.6 Å². The van der Waals surface area contributed by atoms with E-state index in [1.54, 1.807) is 24.1 Å². The third kappa shape index (κ3) is 4.12. The van der Waals surface area contributed by atoms with Crippen molar-refractivity contribution in [3.05, 3.63) is 17.7 Å². The highest BCUT2D eigenvalue weighted by Gasteiger charge is 2.28. The number of rotatable bonds is 8. The Morgan fingerprint density at radius 1 is 1.08 bits per heavy atom. The summed E-state index contributed by atoms with van der Waals surface area (Å²) >= 11 is 0. The second-order valence-electron chi connectivity index (χ2n) is 5.50. The number of nitrogens with zero attached hydrogens (tertiary/aromatic N) is 1. The second kappa shape index (κ2) is 8.78. The van der Waals surface area contributed by atoms with Crippen molar-refractivity contribution < 1.29 is 23.7 Å². The zero-order chi connectivity index (χ0) is 17.5. The molecule has 0 N–H and O–H groups in total. The number of carbonyl (C=O) groups is 1. The first-order valence-electron chi connectivity index (χ1n) is 8.53. The van der Waals surface area contributed by atoms with Gasteiger partial charge in [0.1, 0.15) is 0 Å². The molecule has 1 heterocycles. The van der Waals surface area contributed by atoms with E-state index < -0.39 is 0 Å². The normalized spacial score (nSPS) is 17.0. The summed E-state index contributed by atoms with van der Waals surface area (Å²) in [6, 6.07) is 3.47. The lowest BCUT2D eigenvalue weighted by atomic mass is 10.1. The van der Waals surface area contributed by atoms with E-state index in [-0.39, 0.29) is 12.0 Å². The highest BCUT2D eigenvalue weighted by Crippen LogP contribution is 2.39. The predicted molar refractivity (Wildman–Crippen MR) is 91.3 cm³/mol. The van der Waals surface area contributed by atoms with Crippen molar-refractivity contribution >= 4 is 5.91 Å². The number of methoxy groups -OCH3 is 1. The van der Waals surface area contributed by atoms with Crippen LogP contribution in [0.15, 0.2) is 12.1 Å². The second-order valence-corrected chi connectivity index (χ2v) is 5.50. The van der Waals surface area contributed by atoms with Gasteiger partial charge < -0.3 is 23.8 Å². The zero-order valence-corrected chi connectivity index (χ0v) is 15.0. The maximum atomic E-state index is 12.8. The van der Waals surface area contributed by atoms with E-state index in [9.17, 15) is 4.79 Å². The van der Waals surface area contributed by atoms with E-state index in [0.29, 0.717) is 55.7 Å². The van der Waals surface area contributed by atoms with Crippen molar-refractivity contribution in [2.24, 2.45) is 0 Å². The van der Waals surface area contributed by atoms with Crippen LogP contribution < -0.4 is 14.2 Å². The van der Waals surface area contributed by atoms with E-state index in [1.807, 2.05) is 20.8 Å². The fourth-order valence-electron chi connectivity index (χ4n) is 2.80. The van der Waals surface area contributed by atoms with E-state index in [1.165, 1.54) is 0 Å². The molecule has 1 saturated heterocycles. The maximum Gasteiger partial charge on any atom is 0.254 e. The molecule has 0 spiro atoms. The Morgan fingerprint density at radius 2 is 1.67 bits per heavy atom. The molecule has 1 aliphatic rings. The third-order valence-electron chi connectivity index (χ3n) is 3.92. The maximum absolute atomic E-state index is 12.8. The van der Waals surface area contributed by atoms with E-state index in [0.717, 1.165) is 6.42 Å². The Balaban J connectivity index is 2.33. The van der Waals surface area contributed by atoms with Gasteiger partial charge in [0.15, 0.2) is 11.5 Å². The number of hydrogen-bond acceptors (Lipinski definition) is 5. The summed E-state index contributed by atoms with van der Waals surface area (Å²) in [5.74, 6) is 1.58. The highest BCUT2D eigenvalue weighted by atomic mass is 16.5. The number of amides is 1. The first-order valence-corrected chi connectivity index (χ1v) is 8.53. The fourth-order valence-corrected chi connectivity index (χ4v) is 2.80. The first-order chi connectivity index (χ1) is 11.6. The summed E-state index contributed by atoms with van der Waals surface area (Å²) in [6.45, 7) is 8.46. The van der Waals surface area contributed by atoms with Crippen LogP contribution in [0.5, 0.6) is 17.2 Å². The van der Waals surface area contributed by atoms with Crippen molar-refractivity contribution in [1.29, 1.82) is 0 Å². The molecule has 0 bridgehead atoms. The number of ether oxygens (including phenoxy) is 4. The van der Waals surface area contributed by atoms with Crippen molar-refractivity contribution in [2.75, 3.05) is 40.0 Å². The summed E-state index contributed by atoms with van der Waals surface area (Å²) in [4.78, 5) is 14.6. The molecule has 1 aromatic carbocycles. The quantitative estimate of drug-likeness (QED) is 0.730. The zero-order valence-electron chi connectivity index (χ0n) is 15.0. The lowest BCUT2D eigenvalue weighted by Crippen LogP contribution is -2.30. The SMILES string of the molecule is CCOc1cc(C(=O)N2CCC(OC)C2)cc(OCC)c1OCC. The van der Waals surface area contributed by atoms with Crippen LogP contribution in [0.4, 0.5) is 0 Å². The van der Waals surface area contributed by atoms with E-state index in [4.69, 9.17) is 18.9 Å². The Labute approximate surface area is 143 Å². The van der Waals surface area contributed by atoms with Gasteiger partial charge in [-0.05, 0) is 39.3 Å². The minimum Gasteiger partial charge on any atom is -0.490 e. The molecular weight excluding hydrogens is 310 g/mol. The van der Waals surface area contributed by atoms with Crippen LogP contribution in [-0.2, 0) is 4.74 Å². The van der Waals surface area contributed by atoms with Crippen LogP contribution in [0.2, 0.25) is 0 Å². The van der Waals surface area contributed by atoms with Gasteiger partial charge in [-0.3, -0.25) is 4.79 Å². The monoisotopic (exact) mass is 337 g/mol. The van der Waals surface area contributed by atoms with Crippen LogP contribution in [0.25, 0.3) is 0 Å². The van der Waals surface area contributed by atoms with Gasteiger partial charge in [0.2, 0.25) is 5.75 Å². The number of benzene rings is 1. The van der Waals surface area contributed by atoms with Crippen LogP contribution in [0, 0.1) is 0 Å². The molecule has 1 atom stereocenters. The van der Waals surface area contributed by atoms with Gasteiger partial charge in [0.05, 0.1) is 25.9 Å². The highest BCUT2D eigenvalue weighted by molar-refractivity contribution is 5.95. The summed E-state index contributed by atoms with van der Waals surface area (Å²) in [5.41, 5.74) is 0.544. The number of carbonyl (C=O) groups excluding carboxylic acids is 1. The smallest absolute Gasteiger partial charge is 0.254 e. The molecular formula is C18H27NO5. The molecule has 1 amide bonds. The standard InChI is InChI=1S/C18H27NO5/c1-5-22-15-10-13(11-16(23-6-2)17(15)24-7-3)18(20)19-9-8-14(12-19)21-4/h10-11,14H,5-9,12H2,1-4H3. The number of hydrogen-bond donors (Lipinski definition) is 0. The fraction of sp³-hybridized carbons (Fsp3) is 0.611. The van der Waals surface area contributed by atoms with E-state index >= 15 is 0 Å². The lowest BCUT2D eigenvalue weighted by molar-refractivity contribution is 0.0723. The van der Waals surface area contributed by atoms with Gasteiger partial charge in [-0.1, -0.05) is 0 Å². The van der Waals surface area contributed by atoms with Gasteiger partial charge >= 0.3 is 0 Å². The Kier molecular flexibility index (Phi) is 6.73. The van der Waals surface area contributed by atoms with Crippen molar-refractivity contribution in [3.8, 4) is 17.2 Å². The molecule has 6 nitrogen and oxygen atoms in total.